The molecule has 1 fully saturated rings. The molecule has 6 nitrogen and oxygen atoms in total. The maximum Gasteiger partial charge on any atom is 0.224 e. The van der Waals surface area contributed by atoms with Crippen molar-refractivity contribution >= 4 is 11.8 Å². The lowest BCUT2D eigenvalue weighted by Crippen LogP contribution is -2.43. The monoisotopic (exact) mass is 236 g/mol. The summed E-state index contributed by atoms with van der Waals surface area (Å²) >= 11 is 0. The lowest BCUT2D eigenvalue weighted by atomic mass is 9.98. The highest BCUT2D eigenvalue weighted by Crippen LogP contribution is 2.10. The van der Waals surface area contributed by atoms with Gasteiger partial charge in [0.05, 0.1) is 12.2 Å². The molecule has 0 aromatic carbocycles. The molecular weight excluding hydrogens is 220 g/mol. The van der Waals surface area contributed by atoms with Crippen molar-refractivity contribution in [1.29, 1.82) is 0 Å². The van der Waals surface area contributed by atoms with Gasteiger partial charge in [-0.3, -0.25) is 9.59 Å². The van der Waals surface area contributed by atoms with Crippen LogP contribution in [0.4, 0.5) is 0 Å². The van der Waals surface area contributed by atoms with E-state index in [4.69, 9.17) is 0 Å². The minimum atomic E-state index is -0.0875. The van der Waals surface area contributed by atoms with Gasteiger partial charge in [0.1, 0.15) is 0 Å². The molecule has 1 aliphatic rings. The van der Waals surface area contributed by atoms with Crippen molar-refractivity contribution in [1.82, 2.24) is 20.2 Å². The van der Waals surface area contributed by atoms with Crippen LogP contribution < -0.4 is 10.6 Å². The van der Waals surface area contributed by atoms with E-state index in [1.54, 1.807) is 12.5 Å². The first-order valence-corrected chi connectivity index (χ1v) is 5.76. The normalized spacial score (nSPS) is 19.8. The summed E-state index contributed by atoms with van der Waals surface area (Å²) in [6, 6.07) is 0. The molecule has 1 aliphatic heterocycles. The highest BCUT2D eigenvalue weighted by Gasteiger charge is 2.23. The average Bonchev–Trinajstić information content (AvgIpc) is 2.83. The fourth-order valence-electron chi connectivity index (χ4n) is 1.83. The van der Waals surface area contributed by atoms with E-state index < -0.39 is 0 Å². The molecule has 0 aliphatic carbocycles. The van der Waals surface area contributed by atoms with Crippen LogP contribution in [0, 0.1) is 5.92 Å². The lowest BCUT2D eigenvalue weighted by molar-refractivity contribution is -0.128. The van der Waals surface area contributed by atoms with Crippen molar-refractivity contribution in [3.05, 3.63) is 18.7 Å². The number of rotatable bonds is 4. The molecule has 17 heavy (non-hydrogen) atoms. The van der Waals surface area contributed by atoms with Gasteiger partial charge in [-0.05, 0) is 6.42 Å². The van der Waals surface area contributed by atoms with Crippen LogP contribution >= 0.6 is 0 Å². The van der Waals surface area contributed by atoms with Gasteiger partial charge in [-0.15, -0.1) is 0 Å². The predicted molar refractivity (Wildman–Crippen MR) is 61.0 cm³/mol. The Balaban J connectivity index is 1.68. The Kier molecular flexibility index (Phi) is 3.74. The molecule has 2 heterocycles. The summed E-state index contributed by atoms with van der Waals surface area (Å²) in [5, 5.41) is 5.57. The molecule has 1 aromatic rings. The molecule has 1 unspecified atom stereocenters. The second-order valence-electron chi connectivity index (χ2n) is 4.13. The largest absolute Gasteiger partial charge is 0.355 e. The molecule has 92 valence electrons. The van der Waals surface area contributed by atoms with Crippen molar-refractivity contribution in [2.45, 2.75) is 19.4 Å². The summed E-state index contributed by atoms with van der Waals surface area (Å²) in [5.41, 5.74) is 0. The second kappa shape index (κ2) is 5.47. The van der Waals surface area contributed by atoms with Crippen molar-refractivity contribution in [2.24, 2.45) is 5.92 Å². The fourth-order valence-corrected chi connectivity index (χ4v) is 1.83. The predicted octanol–water partition coefficient (Wildman–Crippen LogP) is -0.474. The van der Waals surface area contributed by atoms with E-state index in [0.717, 1.165) is 0 Å². The molecule has 2 rings (SSSR count). The molecule has 6 heteroatoms. The summed E-state index contributed by atoms with van der Waals surface area (Å²) in [7, 11) is 0. The number of hydrogen-bond acceptors (Lipinski definition) is 3. The van der Waals surface area contributed by atoms with Crippen LogP contribution in [0.15, 0.2) is 18.7 Å². The molecule has 2 amide bonds. The van der Waals surface area contributed by atoms with Gasteiger partial charge in [-0.2, -0.15) is 0 Å². The van der Waals surface area contributed by atoms with Gasteiger partial charge in [-0.25, -0.2) is 4.98 Å². The lowest BCUT2D eigenvalue weighted by Gasteiger charge is -2.21. The van der Waals surface area contributed by atoms with Crippen LogP contribution in [0.5, 0.6) is 0 Å². The first kappa shape index (κ1) is 11.6. The van der Waals surface area contributed by atoms with E-state index in [1.165, 1.54) is 0 Å². The summed E-state index contributed by atoms with van der Waals surface area (Å²) in [4.78, 5) is 26.6. The summed E-state index contributed by atoms with van der Waals surface area (Å²) < 4.78 is 1.91. The van der Waals surface area contributed by atoms with E-state index in [-0.39, 0.29) is 17.7 Å². The number of hydrogen-bond donors (Lipinski definition) is 2. The van der Waals surface area contributed by atoms with E-state index in [1.807, 2.05) is 10.8 Å². The molecule has 0 spiro atoms. The first-order valence-electron chi connectivity index (χ1n) is 5.76. The third-order valence-corrected chi connectivity index (χ3v) is 2.86. The quantitative estimate of drug-likeness (QED) is 0.741. The number of amides is 2. The van der Waals surface area contributed by atoms with Crippen molar-refractivity contribution in [3.63, 3.8) is 0 Å². The molecule has 0 radical (unpaired) electrons. The van der Waals surface area contributed by atoms with E-state index in [9.17, 15) is 9.59 Å². The molecule has 0 bridgehead atoms. The third kappa shape index (κ3) is 3.30. The zero-order valence-corrected chi connectivity index (χ0v) is 9.56. The van der Waals surface area contributed by atoms with Crippen molar-refractivity contribution in [3.8, 4) is 0 Å². The molecule has 2 N–H and O–H groups in total. The molecular formula is C11H16N4O2. The van der Waals surface area contributed by atoms with E-state index in [2.05, 4.69) is 15.6 Å². The number of imidazole rings is 1. The van der Waals surface area contributed by atoms with Gasteiger partial charge >= 0.3 is 0 Å². The van der Waals surface area contributed by atoms with Gasteiger partial charge in [0.15, 0.2) is 0 Å². The topological polar surface area (TPSA) is 76.0 Å². The fraction of sp³-hybridized carbons (Fsp3) is 0.545. The third-order valence-electron chi connectivity index (χ3n) is 2.86. The SMILES string of the molecule is O=C1CCC(C(=O)NCCn2ccnc2)CN1. The molecule has 1 aromatic heterocycles. The molecule has 1 atom stereocenters. The minimum Gasteiger partial charge on any atom is -0.355 e. The van der Waals surface area contributed by atoms with E-state index >= 15 is 0 Å². The Hall–Kier alpha value is -1.85. The van der Waals surface area contributed by atoms with Gasteiger partial charge in [0, 0.05) is 38.4 Å². The van der Waals surface area contributed by atoms with Gasteiger partial charge in [0.25, 0.3) is 0 Å². The molecule has 1 saturated heterocycles. The number of nitrogens with zero attached hydrogens (tertiary/aromatic N) is 2. The highest BCUT2D eigenvalue weighted by atomic mass is 16.2. The smallest absolute Gasteiger partial charge is 0.224 e. The number of aromatic nitrogens is 2. The first-order chi connectivity index (χ1) is 8.25. The second-order valence-corrected chi connectivity index (χ2v) is 4.13. The maximum atomic E-state index is 11.7. The average molecular weight is 236 g/mol. The minimum absolute atomic E-state index is 0.0186. The zero-order valence-electron chi connectivity index (χ0n) is 9.56. The van der Waals surface area contributed by atoms with Crippen LogP contribution in [0.2, 0.25) is 0 Å². The number of piperidine rings is 1. The Labute approximate surface area is 99.4 Å². The van der Waals surface area contributed by atoms with Crippen molar-refractivity contribution in [2.75, 3.05) is 13.1 Å². The van der Waals surface area contributed by atoms with Crippen LogP contribution in [-0.4, -0.2) is 34.5 Å². The van der Waals surface area contributed by atoms with Crippen molar-refractivity contribution < 1.29 is 9.59 Å². The number of carbonyl (C=O) groups is 2. The number of nitrogens with one attached hydrogen (secondary N) is 2. The van der Waals surface area contributed by atoms with Crippen LogP contribution in [0.3, 0.4) is 0 Å². The highest BCUT2D eigenvalue weighted by molar-refractivity contribution is 5.83. The van der Waals surface area contributed by atoms with E-state index in [0.29, 0.717) is 32.5 Å². The maximum absolute atomic E-state index is 11.7. The van der Waals surface area contributed by atoms with Crippen LogP contribution in [0.25, 0.3) is 0 Å². The Morgan fingerprint density at radius 1 is 1.65 bits per heavy atom. The summed E-state index contributed by atoms with van der Waals surface area (Å²) in [5.74, 6) is -0.0342. The number of carbonyl (C=O) groups excluding carboxylic acids is 2. The summed E-state index contributed by atoms with van der Waals surface area (Å²) in [6.07, 6.45) is 6.36. The zero-order chi connectivity index (χ0) is 12.1. The summed E-state index contributed by atoms with van der Waals surface area (Å²) in [6.45, 7) is 1.75. The Morgan fingerprint density at radius 3 is 3.18 bits per heavy atom. The Morgan fingerprint density at radius 2 is 2.53 bits per heavy atom. The van der Waals surface area contributed by atoms with Gasteiger partial charge in [-0.1, -0.05) is 0 Å². The Bertz CT molecular complexity index is 378. The van der Waals surface area contributed by atoms with Crippen LogP contribution in [-0.2, 0) is 16.1 Å². The molecule has 0 saturated carbocycles. The standard InChI is InChI=1S/C11H16N4O2/c16-10-2-1-9(7-14-10)11(17)13-4-6-15-5-3-12-8-15/h3,5,8-9H,1-2,4,6-7H2,(H,13,17)(H,14,16). The van der Waals surface area contributed by atoms with Crippen LogP contribution in [0.1, 0.15) is 12.8 Å². The van der Waals surface area contributed by atoms with Gasteiger partial charge in [0.2, 0.25) is 11.8 Å². The van der Waals surface area contributed by atoms with Gasteiger partial charge < -0.3 is 15.2 Å².